The quantitative estimate of drug-likeness (QED) is 0.587. The molecule has 1 atom stereocenters. The molecule has 0 radical (unpaired) electrons. The molecule has 0 aliphatic heterocycles. The molecule has 0 saturated carbocycles. The van der Waals surface area contributed by atoms with E-state index in [4.69, 9.17) is 5.73 Å². The van der Waals surface area contributed by atoms with E-state index in [0.717, 1.165) is 13.0 Å². The maximum Gasteiger partial charge on any atom is 0.344 e. The fourth-order valence-electron chi connectivity index (χ4n) is 1.89. The number of carbonyl (C=O) groups excluding carboxylic acids is 1. The molecule has 1 unspecified atom stereocenters. The maximum absolute atomic E-state index is 11.6. The molecule has 1 amide bonds. The van der Waals surface area contributed by atoms with Crippen molar-refractivity contribution in [1.82, 2.24) is 20.1 Å². The van der Waals surface area contributed by atoms with E-state index in [9.17, 15) is 9.59 Å². The van der Waals surface area contributed by atoms with Gasteiger partial charge < -0.3 is 11.1 Å². The number of amides is 1. The third-order valence-electron chi connectivity index (χ3n) is 3.33. The lowest BCUT2D eigenvalue weighted by atomic mass is 9.98. The molecule has 8 heteroatoms. The van der Waals surface area contributed by atoms with Crippen LogP contribution in [0.25, 0.3) is 0 Å². The minimum absolute atomic E-state index is 0.0412. The topological polar surface area (TPSA) is 106 Å². The minimum atomic E-state index is -0.734. The Morgan fingerprint density at radius 2 is 2.24 bits per heavy atom. The molecule has 1 aromatic heterocycles. The number of aromatic nitrogens is 3. The highest BCUT2D eigenvalue weighted by atomic mass is 32.2. The Balaban J connectivity index is 2.67. The smallest absolute Gasteiger partial charge is 0.344 e. The first-order valence-corrected chi connectivity index (χ1v) is 8.15. The van der Waals surface area contributed by atoms with Crippen LogP contribution in [0.15, 0.2) is 9.95 Å². The predicted molar refractivity (Wildman–Crippen MR) is 84.5 cm³/mol. The number of hydrogen-bond donors (Lipinski definition) is 3. The highest BCUT2D eigenvalue weighted by molar-refractivity contribution is 7.99. The number of nitrogens with zero attached hydrogens (tertiary/aromatic N) is 2. The highest BCUT2D eigenvalue weighted by Gasteiger charge is 2.29. The normalized spacial score (nSPS) is 14.3. The van der Waals surface area contributed by atoms with E-state index in [0.29, 0.717) is 17.3 Å². The molecule has 0 saturated heterocycles. The summed E-state index contributed by atoms with van der Waals surface area (Å²) < 4.78 is 1.60. The summed E-state index contributed by atoms with van der Waals surface area (Å²) >= 11 is 1.45. The van der Waals surface area contributed by atoms with Crippen molar-refractivity contribution in [3.8, 4) is 0 Å². The maximum atomic E-state index is 11.6. The Bertz CT molecular complexity index is 525. The van der Waals surface area contributed by atoms with Crippen LogP contribution in [0.4, 0.5) is 0 Å². The zero-order valence-electron chi connectivity index (χ0n) is 13.1. The van der Waals surface area contributed by atoms with Gasteiger partial charge in [0.15, 0.2) is 5.16 Å². The molecular formula is C13H25N5O2S. The zero-order valence-corrected chi connectivity index (χ0v) is 13.9. The van der Waals surface area contributed by atoms with Gasteiger partial charge in [0, 0.05) is 11.8 Å². The van der Waals surface area contributed by atoms with Gasteiger partial charge >= 0.3 is 5.69 Å². The van der Waals surface area contributed by atoms with E-state index in [-0.39, 0.29) is 17.6 Å². The van der Waals surface area contributed by atoms with Crippen molar-refractivity contribution in [3.05, 3.63) is 10.5 Å². The van der Waals surface area contributed by atoms with Gasteiger partial charge in [-0.25, -0.2) is 9.89 Å². The van der Waals surface area contributed by atoms with E-state index in [2.05, 4.69) is 15.5 Å². The summed E-state index contributed by atoms with van der Waals surface area (Å²) in [5.41, 5.74) is 4.54. The summed E-state index contributed by atoms with van der Waals surface area (Å²) in [5.74, 6) is 0.285. The fraction of sp³-hybridized carbons (Fsp3) is 0.769. The van der Waals surface area contributed by atoms with Crippen LogP contribution in [-0.4, -0.2) is 38.5 Å². The lowest BCUT2D eigenvalue weighted by Gasteiger charge is -2.27. The van der Waals surface area contributed by atoms with Crippen LogP contribution in [0.1, 0.15) is 46.6 Å². The van der Waals surface area contributed by atoms with E-state index in [1.165, 1.54) is 11.8 Å². The Morgan fingerprint density at radius 1 is 1.57 bits per heavy atom. The molecule has 0 spiro atoms. The minimum Gasteiger partial charge on any atom is -0.368 e. The number of nitrogens with two attached hydrogens (primary N) is 1. The second-order valence-corrected chi connectivity index (χ2v) is 6.56. The Morgan fingerprint density at radius 3 is 2.76 bits per heavy atom. The fourth-order valence-corrected chi connectivity index (χ4v) is 3.13. The lowest BCUT2D eigenvalue weighted by molar-refractivity contribution is -0.123. The molecule has 21 heavy (non-hydrogen) atoms. The van der Waals surface area contributed by atoms with Crippen LogP contribution in [0.2, 0.25) is 0 Å². The molecule has 0 aromatic carbocycles. The van der Waals surface area contributed by atoms with Crippen molar-refractivity contribution < 1.29 is 4.79 Å². The number of nitrogens with one attached hydrogen (secondary N) is 2. The van der Waals surface area contributed by atoms with Gasteiger partial charge in [-0.15, -0.1) is 5.10 Å². The molecular weight excluding hydrogens is 290 g/mol. The van der Waals surface area contributed by atoms with Crippen molar-refractivity contribution in [2.24, 2.45) is 5.73 Å². The van der Waals surface area contributed by atoms with Crippen LogP contribution >= 0.6 is 11.8 Å². The third-order valence-corrected chi connectivity index (χ3v) is 4.29. The van der Waals surface area contributed by atoms with Gasteiger partial charge in [-0.05, 0) is 40.2 Å². The standard InChI is InChI=1S/C13H25N5O2S/c1-5-7-15-13(4,10(14)19)6-8-21-12-17-16-11(20)18(12)9(2)3/h9,15H,5-8H2,1-4H3,(H2,14,19)(H,16,20). The van der Waals surface area contributed by atoms with Gasteiger partial charge in [0.25, 0.3) is 0 Å². The van der Waals surface area contributed by atoms with E-state index in [1.807, 2.05) is 27.7 Å². The van der Waals surface area contributed by atoms with Crippen LogP contribution < -0.4 is 16.7 Å². The predicted octanol–water partition coefficient (Wildman–Crippen LogP) is 0.878. The van der Waals surface area contributed by atoms with Crippen molar-refractivity contribution in [2.45, 2.75) is 57.3 Å². The van der Waals surface area contributed by atoms with Gasteiger partial charge in [-0.2, -0.15) is 0 Å². The number of primary amides is 1. The van der Waals surface area contributed by atoms with Crippen molar-refractivity contribution in [2.75, 3.05) is 12.3 Å². The van der Waals surface area contributed by atoms with Gasteiger partial charge in [0.2, 0.25) is 5.91 Å². The largest absolute Gasteiger partial charge is 0.368 e. The number of hydrogen-bond acceptors (Lipinski definition) is 5. The molecule has 1 rings (SSSR count). The molecule has 0 fully saturated rings. The lowest BCUT2D eigenvalue weighted by Crippen LogP contribution is -2.53. The summed E-state index contributed by atoms with van der Waals surface area (Å²) in [6.07, 6.45) is 1.51. The third kappa shape index (κ3) is 4.60. The first kappa shape index (κ1) is 17.8. The number of thioether (sulfide) groups is 1. The molecule has 1 aromatic rings. The highest BCUT2D eigenvalue weighted by Crippen LogP contribution is 2.21. The molecule has 0 aliphatic rings. The summed E-state index contributed by atoms with van der Waals surface area (Å²) in [6.45, 7) is 8.44. The second-order valence-electron chi connectivity index (χ2n) is 5.50. The molecule has 0 bridgehead atoms. The number of H-pyrrole nitrogens is 1. The number of rotatable bonds is 9. The molecule has 4 N–H and O–H groups in total. The summed E-state index contributed by atoms with van der Waals surface area (Å²) in [5, 5.41) is 10.3. The molecule has 1 heterocycles. The van der Waals surface area contributed by atoms with E-state index >= 15 is 0 Å². The van der Waals surface area contributed by atoms with Crippen LogP contribution in [0.3, 0.4) is 0 Å². The Kier molecular flexibility index (Phi) is 6.47. The number of carbonyl (C=O) groups is 1. The van der Waals surface area contributed by atoms with Crippen molar-refractivity contribution in [3.63, 3.8) is 0 Å². The average Bonchev–Trinajstić information content (AvgIpc) is 2.77. The van der Waals surface area contributed by atoms with Crippen LogP contribution in [0.5, 0.6) is 0 Å². The first-order chi connectivity index (χ1) is 9.81. The average molecular weight is 315 g/mol. The second kappa shape index (κ2) is 7.65. The Hall–Kier alpha value is -1.28. The SMILES string of the molecule is CCCNC(C)(CCSc1n[nH]c(=O)n1C(C)C)C(N)=O. The molecule has 0 aliphatic carbocycles. The summed E-state index contributed by atoms with van der Waals surface area (Å²) in [6, 6.07) is 0.0412. The zero-order chi connectivity index (χ0) is 16.0. The van der Waals surface area contributed by atoms with Crippen LogP contribution in [0, 0.1) is 0 Å². The summed E-state index contributed by atoms with van der Waals surface area (Å²) in [7, 11) is 0. The van der Waals surface area contributed by atoms with Gasteiger partial charge in [0.05, 0.1) is 5.54 Å². The van der Waals surface area contributed by atoms with Crippen molar-refractivity contribution in [1.29, 1.82) is 0 Å². The van der Waals surface area contributed by atoms with E-state index in [1.54, 1.807) is 4.57 Å². The molecule has 7 nitrogen and oxygen atoms in total. The number of aromatic amines is 1. The van der Waals surface area contributed by atoms with Gasteiger partial charge in [0.1, 0.15) is 0 Å². The van der Waals surface area contributed by atoms with Crippen molar-refractivity contribution >= 4 is 17.7 Å². The van der Waals surface area contributed by atoms with E-state index < -0.39 is 5.54 Å². The van der Waals surface area contributed by atoms with Gasteiger partial charge in [-0.3, -0.25) is 9.36 Å². The van der Waals surface area contributed by atoms with Crippen LogP contribution in [-0.2, 0) is 4.79 Å². The monoisotopic (exact) mass is 315 g/mol. The first-order valence-electron chi connectivity index (χ1n) is 7.16. The molecule has 120 valence electrons. The Labute approximate surface area is 129 Å². The summed E-state index contributed by atoms with van der Waals surface area (Å²) in [4.78, 5) is 23.3. The van der Waals surface area contributed by atoms with Gasteiger partial charge in [-0.1, -0.05) is 18.7 Å².